The molecule has 168 valence electrons. The summed E-state index contributed by atoms with van der Waals surface area (Å²) in [7, 11) is 3.43. The fourth-order valence-electron chi connectivity index (χ4n) is 4.44. The lowest BCUT2D eigenvalue weighted by atomic mass is 9.74. The molecule has 2 aliphatic rings. The Morgan fingerprint density at radius 1 is 1.32 bits per heavy atom. The first-order valence-electron chi connectivity index (χ1n) is 10.8. The number of aliphatic imine (C=N–C) groups is 1. The molecule has 1 unspecified atom stereocenters. The summed E-state index contributed by atoms with van der Waals surface area (Å²) < 4.78 is 26.2. The SMILES string of the molecule is CN=C(NCC1(c2ccc(F)cc2)CCOCC1)NC1CCc2nc(COC)nn2C1. The van der Waals surface area contributed by atoms with Crippen LogP contribution in [-0.4, -0.2) is 60.7 Å². The summed E-state index contributed by atoms with van der Waals surface area (Å²) in [6.45, 7) is 3.28. The molecule has 0 radical (unpaired) electrons. The maximum atomic E-state index is 13.5. The molecule has 4 rings (SSSR count). The summed E-state index contributed by atoms with van der Waals surface area (Å²) in [5.74, 6) is 2.28. The lowest BCUT2D eigenvalue weighted by molar-refractivity contribution is 0.0513. The molecule has 8 nitrogen and oxygen atoms in total. The standard InChI is InChI=1S/C22H31FN6O2/c1-24-21(26-18-7-8-20-27-19(14-30-2)28-29(20)13-18)25-15-22(9-11-31-12-10-22)16-3-5-17(23)6-4-16/h3-6,18H,7-15H2,1-2H3,(H2,24,25,26). The van der Waals surface area contributed by atoms with Crippen molar-refractivity contribution in [2.75, 3.05) is 33.9 Å². The molecule has 2 aromatic rings. The van der Waals surface area contributed by atoms with E-state index in [0.29, 0.717) is 26.4 Å². The third-order valence-electron chi connectivity index (χ3n) is 6.24. The minimum absolute atomic E-state index is 0.107. The Morgan fingerprint density at radius 3 is 2.81 bits per heavy atom. The Kier molecular flexibility index (Phi) is 6.82. The van der Waals surface area contributed by atoms with Gasteiger partial charge in [-0.3, -0.25) is 4.99 Å². The highest BCUT2D eigenvalue weighted by Gasteiger charge is 2.35. The summed E-state index contributed by atoms with van der Waals surface area (Å²) in [6, 6.07) is 7.07. The van der Waals surface area contributed by atoms with Gasteiger partial charge in [-0.2, -0.15) is 5.10 Å². The molecule has 0 bridgehead atoms. The van der Waals surface area contributed by atoms with Crippen LogP contribution in [0.2, 0.25) is 0 Å². The van der Waals surface area contributed by atoms with E-state index in [1.807, 2.05) is 16.8 Å². The first kappa shape index (κ1) is 21.7. The number of aryl methyl sites for hydroxylation is 1. The maximum absolute atomic E-state index is 13.5. The number of ether oxygens (including phenoxy) is 2. The Labute approximate surface area is 182 Å². The van der Waals surface area contributed by atoms with E-state index < -0.39 is 0 Å². The molecule has 2 aliphatic heterocycles. The van der Waals surface area contributed by atoms with E-state index in [0.717, 1.165) is 55.4 Å². The lowest BCUT2D eigenvalue weighted by Gasteiger charge is -2.38. The van der Waals surface area contributed by atoms with Crippen LogP contribution in [0.5, 0.6) is 0 Å². The van der Waals surface area contributed by atoms with Crippen LogP contribution in [-0.2, 0) is 34.5 Å². The number of hydrogen-bond acceptors (Lipinski definition) is 5. The second kappa shape index (κ2) is 9.74. The van der Waals surface area contributed by atoms with Crippen LogP contribution < -0.4 is 10.6 Å². The van der Waals surface area contributed by atoms with Crippen LogP contribution in [0.3, 0.4) is 0 Å². The highest BCUT2D eigenvalue weighted by molar-refractivity contribution is 5.80. The first-order valence-corrected chi connectivity index (χ1v) is 10.8. The van der Waals surface area contributed by atoms with E-state index in [-0.39, 0.29) is 17.3 Å². The van der Waals surface area contributed by atoms with Crippen LogP contribution in [0, 0.1) is 5.82 Å². The van der Waals surface area contributed by atoms with Crippen molar-refractivity contribution >= 4 is 5.96 Å². The van der Waals surface area contributed by atoms with Gasteiger partial charge in [0.05, 0.1) is 6.54 Å². The highest BCUT2D eigenvalue weighted by atomic mass is 19.1. The van der Waals surface area contributed by atoms with Gasteiger partial charge in [-0.1, -0.05) is 12.1 Å². The van der Waals surface area contributed by atoms with Crippen molar-refractivity contribution in [3.8, 4) is 0 Å². The topological polar surface area (TPSA) is 85.6 Å². The van der Waals surface area contributed by atoms with Gasteiger partial charge in [-0.15, -0.1) is 0 Å². The molecule has 1 saturated heterocycles. The minimum atomic E-state index is -0.213. The van der Waals surface area contributed by atoms with Gasteiger partial charge in [0.15, 0.2) is 11.8 Å². The number of nitrogens with one attached hydrogen (secondary N) is 2. The van der Waals surface area contributed by atoms with Crippen molar-refractivity contribution in [2.45, 2.75) is 50.3 Å². The van der Waals surface area contributed by atoms with Gasteiger partial charge in [0.25, 0.3) is 0 Å². The predicted molar refractivity (Wildman–Crippen MR) is 115 cm³/mol. The summed E-state index contributed by atoms with van der Waals surface area (Å²) in [5.41, 5.74) is 1.03. The number of aromatic nitrogens is 3. The average molecular weight is 431 g/mol. The molecule has 0 saturated carbocycles. The molecule has 3 heterocycles. The molecule has 0 amide bonds. The van der Waals surface area contributed by atoms with Crippen molar-refractivity contribution < 1.29 is 13.9 Å². The van der Waals surface area contributed by atoms with Crippen molar-refractivity contribution in [3.05, 3.63) is 47.3 Å². The molecule has 2 N–H and O–H groups in total. The van der Waals surface area contributed by atoms with E-state index in [2.05, 4.69) is 25.7 Å². The fraction of sp³-hybridized carbons (Fsp3) is 0.591. The largest absolute Gasteiger partial charge is 0.381 e. The zero-order chi connectivity index (χ0) is 21.7. The molecular weight excluding hydrogens is 399 g/mol. The number of hydrogen-bond donors (Lipinski definition) is 2. The number of halogens is 1. The number of rotatable bonds is 6. The molecule has 1 aromatic heterocycles. The summed E-state index contributed by atoms with van der Waals surface area (Å²) in [6.07, 6.45) is 3.60. The van der Waals surface area contributed by atoms with Crippen molar-refractivity contribution in [1.82, 2.24) is 25.4 Å². The molecule has 31 heavy (non-hydrogen) atoms. The normalized spacial score (nSPS) is 20.9. The number of methoxy groups -OCH3 is 1. The number of nitrogens with zero attached hydrogens (tertiary/aromatic N) is 4. The van der Waals surface area contributed by atoms with Crippen molar-refractivity contribution in [3.63, 3.8) is 0 Å². The van der Waals surface area contributed by atoms with Crippen LogP contribution >= 0.6 is 0 Å². The second-order valence-corrected chi connectivity index (χ2v) is 8.26. The second-order valence-electron chi connectivity index (χ2n) is 8.26. The monoisotopic (exact) mass is 430 g/mol. The quantitative estimate of drug-likeness (QED) is 0.537. The highest BCUT2D eigenvalue weighted by Crippen LogP contribution is 2.34. The Bertz CT molecular complexity index is 892. The van der Waals surface area contributed by atoms with Gasteiger partial charge < -0.3 is 20.1 Å². The number of fused-ring (bicyclic) bond motifs is 1. The van der Waals surface area contributed by atoms with Gasteiger partial charge in [0.2, 0.25) is 0 Å². The molecule has 1 fully saturated rings. The Morgan fingerprint density at radius 2 is 2.10 bits per heavy atom. The van der Waals surface area contributed by atoms with Crippen LogP contribution in [0.1, 0.15) is 36.5 Å². The summed E-state index contributed by atoms with van der Waals surface area (Å²) in [4.78, 5) is 8.97. The molecule has 1 atom stereocenters. The van der Waals surface area contributed by atoms with Gasteiger partial charge in [0, 0.05) is 51.8 Å². The van der Waals surface area contributed by atoms with Crippen molar-refractivity contribution in [1.29, 1.82) is 0 Å². The third-order valence-corrected chi connectivity index (χ3v) is 6.24. The van der Waals surface area contributed by atoms with E-state index in [1.54, 1.807) is 14.2 Å². The van der Waals surface area contributed by atoms with Gasteiger partial charge in [-0.05, 0) is 37.0 Å². The number of benzene rings is 1. The molecular formula is C22H31FN6O2. The average Bonchev–Trinajstić information content (AvgIpc) is 3.19. The smallest absolute Gasteiger partial charge is 0.191 e. The maximum Gasteiger partial charge on any atom is 0.191 e. The zero-order valence-electron chi connectivity index (χ0n) is 18.2. The summed E-state index contributed by atoms with van der Waals surface area (Å²) >= 11 is 0. The van der Waals surface area contributed by atoms with E-state index in [9.17, 15) is 4.39 Å². The first-order chi connectivity index (χ1) is 15.1. The predicted octanol–water partition coefficient (Wildman–Crippen LogP) is 1.79. The Hall–Kier alpha value is -2.52. The zero-order valence-corrected chi connectivity index (χ0v) is 18.2. The van der Waals surface area contributed by atoms with Crippen LogP contribution in [0.4, 0.5) is 4.39 Å². The minimum Gasteiger partial charge on any atom is -0.381 e. The lowest BCUT2D eigenvalue weighted by Crippen LogP contribution is -2.51. The van der Waals surface area contributed by atoms with Crippen molar-refractivity contribution in [2.24, 2.45) is 4.99 Å². The van der Waals surface area contributed by atoms with E-state index >= 15 is 0 Å². The Balaban J connectivity index is 1.39. The van der Waals surface area contributed by atoms with Gasteiger partial charge >= 0.3 is 0 Å². The van der Waals surface area contributed by atoms with Gasteiger partial charge in [0.1, 0.15) is 18.2 Å². The van der Waals surface area contributed by atoms with Gasteiger partial charge in [-0.25, -0.2) is 14.1 Å². The summed E-state index contributed by atoms with van der Waals surface area (Å²) in [5, 5.41) is 11.6. The number of guanidine groups is 1. The fourth-order valence-corrected chi connectivity index (χ4v) is 4.44. The molecule has 0 spiro atoms. The van der Waals surface area contributed by atoms with Crippen LogP contribution in [0.15, 0.2) is 29.3 Å². The third kappa shape index (κ3) is 5.04. The van der Waals surface area contributed by atoms with Crippen LogP contribution in [0.25, 0.3) is 0 Å². The molecule has 0 aliphatic carbocycles. The van der Waals surface area contributed by atoms with E-state index in [1.165, 1.54) is 12.1 Å². The van der Waals surface area contributed by atoms with E-state index in [4.69, 9.17) is 9.47 Å². The molecule has 9 heteroatoms. The molecule has 1 aromatic carbocycles.